The normalized spacial score (nSPS) is 18.3. The van der Waals surface area contributed by atoms with Crippen LogP contribution in [0.15, 0.2) is 47.4 Å². The highest BCUT2D eigenvalue weighted by Crippen LogP contribution is 2.26. The second kappa shape index (κ2) is 6.35. The molecule has 0 fully saturated rings. The van der Waals surface area contributed by atoms with Gasteiger partial charge in [0.2, 0.25) is 0 Å². The predicted molar refractivity (Wildman–Crippen MR) is 87.4 cm³/mol. The summed E-state index contributed by atoms with van der Waals surface area (Å²) in [7, 11) is 0. The molecular weight excluding hydrogens is 278 g/mol. The maximum absolute atomic E-state index is 12.3. The van der Waals surface area contributed by atoms with Gasteiger partial charge in [0.15, 0.2) is 5.78 Å². The molecule has 1 heterocycles. The van der Waals surface area contributed by atoms with Gasteiger partial charge in [-0.1, -0.05) is 43.3 Å². The molecule has 0 amide bonds. The molecule has 1 aliphatic carbocycles. The second-order valence-corrected chi connectivity index (χ2v) is 6.64. The molecule has 1 aromatic heterocycles. The fourth-order valence-corrected chi connectivity index (χ4v) is 3.40. The first-order valence-corrected chi connectivity index (χ1v) is 8.32. The topological polar surface area (TPSA) is 30.0 Å². The van der Waals surface area contributed by atoms with Gasteiger partial charge in [-0.3, -0.25) is 4.79 Å². The molecule has 0 spiro atoms. The smallest absolute Gasteiger partial charge is 0.165 e. The zero-order valence-corrected chi connectivity index (χ0v) is 13.0. The second-order valence-electron chi connectivity index (χ2n) is 5.70. The van der Waals surface area contributed by atoms with Crippen molar-refractivity contribution < 1.29 is 4.79 Å². The van der Waals surface area contributed by atoms with Gasteiger partial charge >= 0.3 is 0 Å². The van der Waals surface area contributed by atoms with Crippen LogP contribution in [0.3, 0.4) is 0 Å². The highest BCUT2D eigenvalue weighted by Gasteiger charge is 2.17. The number of thiazole rings is 1. The summed E-state index contributed by atoms with van der Waals surface area (Å²) in [4.78, 5) is 16.9. The van der Waals surface area contributed by atoms with Gasteiger partial charge in [0.25, 0.3) is 0 Å². The van der Waals surface area contributed by atoms with Crippen LogP contribution in [0.1, 0.15) is 31.2 Å². The van der Waals surface area contributed by atoms with E-state index in [1.165, 1.54) is 0 Å². The van der Waals surface area contributed by atoms with Crippen molar-refractivity contribution in [3.05, 3.63) is 52.4 Å². The predicted octanol–water partition coefficient (Wildman–Crippen LogP) is 4.67. The van der Waals surface area contributed by atoms with E-state index in [2.05, 4.69) is 18.0 Å². The van der Waals surface area contributed by atoms with Gasteiger partial charge in [-0.2, -0.15) is 0 Å². The summed E-state index contributed by atoms with van der Waals surface area (Å²) in [6.45, 7) is 2.24. The Balaban J connectivity index is 1.69. The zero-order valence-electron chi connectivity index (χ0n) is 12.2. The molecular formula is C18H19NOS. The number of rotatable bonds is 4. The number of carbonyl (C=O) groups excluding carboxylic acids is 1. The average Bonchev–Trinajstić information content (AvgIpc) is 2.97. The lowest BCUT2D eigenvalue weighted by Gasteiger charge is -2.16. The monoisotopic (exact) mass is 297 g/mol. The molecule has 2 aromatic rings. The van der Waals surface area contributed by atoms with Crippen LogP contribution in [0, 0.1) is 5.92 Å². The first-order chi connectivity index (χ1) is 10.2. The number of nitrogens with zero attached hydrogens (tertiary/aromatic N) is 1. The van der Waals surface area contributed by atoms with Crippen LogP contribution in [-0.4, -0.2) is 10.8 Å². The molecule has 0 N–H and O–H groups in total. The van der Waals surface area contributed by atoms with Crippen molar-refractivity contribution in [3.63, 3.8) is 0 Å². The summed E-state index contributed by atoms with van der Waals surface area (Å²) in [5.41, 5.74) is 3.08. The zero-order chi connectivity index (χ0) is 14.7. The number of hydrogen-bond acceptors (Lipinski definition) is 3. The number of benzene rings is 1. The van der Waals surface area contributed by atoms with E-state index in [4.69, 9.17) is 0 Å². The molecule has 3 heteroatoms. The fourth-order valence-electron chi connectivity index (χ4n) is 2.60. The van der Waals surface area contributed by atoms with Crippen LogP contribution in [0.4, 0.5) is 0 Å². The van der Waals surface area contributed by atoms with E-state index in [1.807, 2.05) is 35.7 Å². The highest BCUT2D eigenvalue weighted by molar-refractivity contribution is 7.10. The van der Waals surface area contributed by atoms with E-state index in [-0.39, 0.29) is 5.78 Å². The van der Waals surface area contributed by atoms with Crippen LogP contribution in [0.5, 0.6) is 0 Å². The van der Waals surface area contributed by atoms with Crippen LogP contribution in [0.25, 0.3) is 11.3 Å². The molecule has 0 saturated carbocycles. The number of aromatic nitrogens is 1. The molecule has 1 aliphatic rings. The standard InChI is InChI=1S/C18H19NOS/c1-13-7-9-15(10-8-13)17(20)11-18-19-16(12-21-18)14-5-3-2-4-6-14/h2-6,9,12-13H,7-8,10-11H2,1H3. The first-order valence-electron chi connectivity index (χ1n) is 7.44. The largest absolute Gasteiger partial charge is 0.294 e. The van der Waals surface area contributed by atoms with Gasteiger partial charge in [0.05, 0.1) is 12.1 Å². The van der Waals surface area contributed by atoms with E-state index in [0.717, 1.165) is 41.1 Å². The highest BCUT2D eigenvalue weighted by atomic mass is 32.1. The van der Waals surface area contributed by atoms with Crippen molar-refractivity contribution in [2.45, 2.75) is 32.6 Å². The lowest BCUT2D eigenvalue weighted by atomic mass is 9.88. The molecule has 21 heavy (non-hydrogen) atoms. The van der Waals surface area contributed by atoms with E-state index >= 15 is 0 Å². The third kappa shape index (κ3) is 3.48. The number of allylic oxidation sites excluding steroid dienone is 2. The lowest BCUT2D eigenvalue weighted by Crippen LogP contribution is -2.11. The van der Waals surface area contributed by atoms with Crippen molar-refractivity contribution >= 4 is 17.1 Å². The van der Waals surface area contributed by atoms with Gasteiger partial charge in [-0.15, -0.1) is 11.3 Å². The Morgan fingerprint density at radius 2 is 2.14 bits per heavy atom. The van der Waals surface area contributed by atoms with Crippen LogP contribution in [-0.2, 0) is 11.2 Å². The molecule has 0 bridgehead atoms. The summed E-state index contributed by atoms with van der Waals surface area (Å²) in [5.74, 6) is 0.960. The Hall–Kier alpha value is -1.74. The molecule has 0 radical (unpaired) electrons. The summed E-state index contributed by atoms with van der Waals surface area (Å²) in [6.07, 6.45) is 5.66. The van der Waals surface area contributed by atoms with Gasteiger partial charge < -0.3 is 0 Å². The Bertz CT molecular complexity index is 657. The summed E-state index contributed by atoms with van der Waals surface area (Å²) in [6, 6.07) is 10.1. The van der Waals surface area contributed by atoms with E-state index < -0.39 is 0 Å². The maximum atomic E-state index is 12.3. The number of Topliss-reactive ketones (excluding diaryl/α,β-unsaturated/α-hetero) is 1. The minimum Gasteiger partial charge on any atom is -0.294 e. The van der Waals surface area contributed by atoms with Crippen molar-refractivity contribution in [2.75, 3.05) is 0 Å². The number of carbonyl (C=O) groups is 1. The molecule has 1 unspecified atom stereocenters. The number of hydrogen-bond donors (Lipinski definition) is 0. The fraction of sp³-hybridized carbons (Fsp3) is 0.333. The third-order valence-corrected chi connectivity index (χ3v) is 4.81. The molecule has 1 aromatic carbocycles. The molecule has 2 nitrogen and oxygen atoms in total. The first kappa shape index (κ1) is 14.2. The Morgan fingerprint density at radius 3 is 2.86 bits per heavy atom. The van der Waals surface area contributed by atoms with Crippen molar-refractivity contribution in [3.8, 4) is 11.3 Å². The Kier molecular flexibility index (Phi) is 4.30. The van der Waals surface area contributed by atoms with E-state index in [1.54, 1.807) is 11.3 Å². The van der Waals surface area contributed by atoms with Crippen molar-refractivity contribution in [1.29, 1.82) is 0 Å². The van der Waals surface area contributed by atoms with E-state index in [0.29, 0.717) is 12.3 Å². The minimum atomic E-state index is 0.246. The molecule has 0 saturated heterocycles. The summed E-state index contributed by atoms with van der Waals surface area (Å²) >= 11 is 1.58. The van der Waals surface area contributed by atoms with Crippen LogP contribution < -0.4 is 0 Å². The molecule has 1 atom stereocenters. The lowest BCUT2D eigenvalue weighted by molar-refractivity contribution is -0.115. The quantitative estimate of drug-likeness (QED) is 0.821. The van der Waals surface area contributed by atoms with Gasteiger partial charge in [-0.25, -0.2) is 4.98 Å². The van der Waals surface area contributed by atoms with Crippen molar-refractivity contribution in [1.82, 2.24) is 4.98 Å². The average molecular weight is 297 g/mol. The molecule has 108 valence electrons. The molecule has 0 aliphatic heterocycles. The van der Waals surface area contributed by atoms with Crippen LogP contribution in [0.2, 0.25) is 0 Å². The Morgan fingerprint density at radius 1 is 1.33 bits per heavy atom. The van der Waals surface area contributed by atoms with Gasteiger partial charge in [-0.05, 0) is 30.8 Å². The summed E-state index contributed by atoms with van der Waals surface area (Å²) in [5, 5.41) is 2.95. The van der Waals surface area contributed by atoms with Gasteiger partial charge in [0.1, 0.15) is 5.01 Å². The summed E-state index contributed by atoms with van der Waals surface area (Å²) < 4.78 is 0. The van der Waals surface area contributed by atoms with Crippen molar-refractivity contribution in [2.24, 2.45) is 5.92 Å². The Labute approximate surface area is 129 Å². The number of ketones is 1. The SMILES string of the molecule is CC1CC=C(C(=O)Cc2nc(-c3ccccc3)cs2)CC1. The minimum absolute atomic E-state index is 0.246. The van der Waals surface area contributed by atoms with Crippen LogP contribution >= 0.6 is 11.3 Å². The molecule has 3 rings (SSSR count). The third-order valence-electron chi connectivity index (χ3n) is 3.96. The maximum Gasteiger partial charge on any atom is 0.165 e. The van der Waals surface area contributed by atoms with E-state index in [9.17, 15) is 4.79 Å². The van der Waals surface area contributed by atoms with Gasteiger partial charge in [0, 0.05) is 10.9 Å².